The molecule has 17 heavy (non-hydrogen) atoms. The van der Waals surface area contributed by atoms with Gasteiger partial charge in [0.2, 0.25) is 0 Å². The van der Waals surface area contributed by atoms with Crippen molar-refractivity contribution < 1.29 is 15.0 Å². The van der Waals surface area contributed by atoms with Crippen molar-refractivity contribution in [1.29, 1.82) is 0 Å². The summed E-state index contributed by atoms with van der Waals surface area (Å²) in [6.45, 7) is 5.23. The van der Waals surface area contributed by atoms with Gasteiger partial charge in [-0.2, -0.15) is 0 Å². The van der Waals surface area contributed by atoms with E-state index in [1.54, 1.807) is 20.8 Å². The van der Waals surface area contributed by atoms with Gasteiger partial charge in [0.25, 0.3) is 0 Å². The molecule has 3 nitrogen and oxygen atoms in total. The lowest BCUT2D eigenvalue weighted by molar-refractivity contribution is -0.141. The summed E-state index contributed by atoms with van der Waals surface area (Å²) < 4.78 is 0. The zero-order chi connectivity index (χ0) is 13.1. The maximum atomic E-state index is 10.8. The van der Waals surface area contributed by atoms with E-state index in [-0.39, 0.29) is 5.92 Å². The molecular weight excluding hydrogens is 216 g/mol. The quantitative estimate of drug-likeness (QED) is 0.824. The number of aliphatic hydroxyl groups is 1. The van der Waals surface area contributed by atoms with Crippen LogP contribution in [0.15, 0.2) is 24.3 Å². The third-order valence-electron chi connectivity index (χ3n) is 2.59. The summed E-state index contributed by atoms with van der Waals surface area (Å²) in [5, 5.41) is 18.6. The van der Waals surface area contributed by atoms with Gasteiger partial charge in [-0.05, 0) is 31.4 Å². The highest BCUT2D eigenvalue weighted by Gasteiger charge is 2.15. The minimum absolute atomic E-state index is 0.382. The SMILES string of the molecule is CC(Cc1cccc(CC(C)(C)O)c1)C(=O)O. The van der Waals surface area contributed by atoms with Gasteiger partial charge in [0.05, 0.1) is 11.5 Å². The second kappa shape index (κ2) is 5.32. The molecule has 0 aliphatic heterocycles. The molecule has 0 spiro atoms. The number of carboxylic acid groups (broad SMARTS) is 1. The van der Waals surface area contributed by atoms with E-state index in [1.807, 2.05) is 24.3 Å². The molecule has 0 saturated heterocycles. The lowest BCUT2D eigenvalue weighted by Crippen LogP contribution is -2.22. The Balaban J connectivity index is 2.76. The molecule has 0 bridgehead atoms. The average Bonchev–Trinajstić information content (AvgIpc) is 2.15. The first-order valence-corrected chi connectivity index (χ1v) is 5.81. The Morgan fingerprint density at radius 1 is 1.35 bits per heavy atom. The van der Waals surface area contributed by atoms with E-state index in [9.17, 15) is 9.90 Å². The van der Waals surface area contributed by atoms with Crippen molar-refractivity contribution in [3.8, 4) is 0 Å². The smallest absolute Gasteiger partial charge is 0.306 e. The van der Waals surface area contributed by atoms with Gasteiger partial charge in [-0.15, -0.1) is 0 Å². The Kier molecular flexibility index (Phi) is 4.29. The van der Waals surface area contributed by atoms with Crippen LogP contribution in [0.5, 0.6) is 0 Å². The Morgan fingerprint density at radius 3 is 2.47 bits per heavy atom. The number of rotatable bonds is 5. The van der Waals surface area contributed by atoms with Crippen LogP contribution in [0.2, 0.25) is 0 Å². The molecule has 2 N–H and O–H groups in total. The summed E-state index contributed by atoms with van der Waals surface area (Å²) in [7, 11) is 0. The molecule has 0 fully saturated rings. The van der Waals surface area contributed by atoms with Crippen LogP contribution in [0.3, 0.4) is 0 Å². The second-order valence-corrected chi connectivity index (χ2v) is 5.25. The van der Waals surface area contributed by atoms with Crippen LogP contribution in [0.4, 0.5) is 0 Å². The lowest BCUT2D eigenvalue weighted by atomic mass is 9.94. The van der Waals surface area contributed by atoms with E-state index in [4.69, 9.17) is 5.11 Å². The largest absolute Gasteiger partial charge is 0.481 e. The highest BCUT2D eigenvalue weighted by molar-refractivity contribution is 5.69. The number of carboxylic acids is 1. The molecule has 0 radical (unpaired) electrons. The van der Waals surface area contributed by atoms with Gasteiger partial charge in [0.15, 0.2) is 0 Å². The van der Waals surface area contributed by atoms with E-state index in [0.29, 0.717) is 12.8 Å². The average molecular weight is 236 g/mol. The summed E-state index contributed by atoms with van der Waals surface area (Å²) in [6.07, 6.45) is 1.09. The molecule has 1 rings (SSSR count). The number of hydrogen-bond donors (Lipinski definition) is 2. The van der Waals surface area contributed by atoms with Crippen molar-refractivity contribution in [2.45, 2.75) is 39.2 Å². The van der Waals surface area contributed by atoms with Crippen molar-refractivity contribution in [3.63, 3.8) is 0 Å². The zero-order valence-corrected chi connectivity index (χ0v) is 10.6. The van der Waals surface area contributed by atoms with Crippen molar-refractivity contribution in [3.05, 3.63) is 35.4 Å². The Hall–Kier alpha value is -1.35. The highest BCUT2D eigenvalue weighted by atomic mass is 16.4. The van der Waals surface area contributed by atoms with Crippen LogP contribution in [0, 0.1) is 5.92 Å². The van der Waals surface area contributed by atoms with Crippen LogP contribution in [0.25, 0.3) is 0 Å². The molecule has 0 amide bonds. The van der Waals surface area contributed by atoms with Crippen LogP contribution in [-0.2, 0) is 17.6 Å². The van der Waals surface area contributed by atoms with Crippen molar-refractivity contribution >= 4 is 5.97 Å². The van der Waals surface area contributed by atoms with Crippen molar-refractivity contribution in [2.24, 2.45) is 5.92 Å². The third kappa shape index (κ3) is 5.00. The van der Waals surface area contributed by atoms with Crippen LogP contribution in [-0.4, -0.2) is 21.8 Å². The van der Waals surface area contributed by atoms with Crippen LogP contribution < -0.4 is 0 Å². The van der Waals surface area contributed by atoms with E-state index < -0.39 is 11.6 Å². The first-order valence-electron chi connectivity index (χ1n) is 5.81. The van der Waals surface area contributed by atoms with E-state index in [0.717, 1.165) is 11.1 Å². The minimum atomic E-state index is -0.780. The zero-order valence-electron chi connectivity index (χ0n) is 10.6. The molecule has 94 valence electrons. The minimum Gasteiger partial charge on any atom is -0.481 e. The monoisotopic (exact) mass is 236 g/mol. The Labute approximate surface area is 102 Å². The van der Waals surface area contributed by atoms with Crippen molar-refractivity contribution in [2.75, 3.05) is 0 Å². The Morgan fingerprint density at radius 2 is 1.94 bits per heavy atom. The predicted octanol–water partition coefficient (Wildman–Crippen LogP) is 2.26. The number of hydrogen-bond acceptors (Lipinski definition) is 2. The fourth-order valence-corrected chi connectivity index (χ4v) is 1.81. The molecule has 1 aromatic carbocycles. The summed E-state index contributed by atoms with van der Waals surface area (Å²) >= 11 is 0. The van der Waals surface area contributed by atoms with Gasteiger partial charge in [-0.25, -0.2) is 0 Å². The molecule has 3 heteroatoms. The first kappa shape index (κ1) is 13.7. The molecular formula is C14H20O3. The molecule has 0 heterocycles. The molecule has 0 aliphatic rings. The summed E-state index contributed by atoms with van der Waals surface area (Å²) in [5.41, 5.74) is 1.30. The van der Waals surface area contributed by atoms with E-state index in [2.05, 4.69) is 0 Å². The highest BCUT2D eigenvalue weighted by Crippen LogP contribution is 2.16. The van der Waals surface area contributed by atoms with Gasteiger partial charge in [0, 0.05) is 6.42 Å². The van der Waals surface area contributed by atoms with Crippen LogP contribution >= 0.6 is 0 Å². The van der Waals surface area contributed by atoms with Gasteiger partial charge in [-0.3, -0.25) is 4.79 Å². The number of benzene rings is 1. The topological polar surface area (TPSA) is 57.5 Å². The molecule has 0 aromatic heterocycles. The second-order valence-electron chi connectivity index (χ2n) is 5.25. The molecule has 1 unspecified atom stereocenters. The lowest BCUT2D eigenvalue weighted by Gasteiger charge is -2.17. The molecule has 1 aromatic rings. The molecule has 1 atom stereocenters. The van der Waals surface area contributed by atoms with E-state index in [1.165, 1.54) is 0 Å². The molecule has 0 aliphatic carbocycles. The summed E-state index contributed by atoms with van der Waals surface area (Å²) in [5.74, 6) is -1.16. The van der Waals surface area contributed by atoms with Gasteiger partial charge in [0.1, 0.15) is 0 Å². The summed E-state index contributed by atoms with van der Waals surface area (Å²) in [4.78, 5) is 10.8. The normalized spacial score (nSPS) is 13.4. The summed E-state index contributed by atoms with van der Waals surface area (Å²) in [6, 6.07) is 7.75. The Bertz CT molecular complexity index is 391. The first-order chi connectivity index (χ1) is 7.78. The van der Waals surface area contributed by atoms with Crippen LogP contribution in [0.1, 0.15) is 31.9 Å². The van der Waals surface area contributed by atoms with Gasteiger partial charge in [-0.1, -0.05) is 31.2 Å². The standard InChI is InChI=1S/C14H20O3/c1-10(13(15)16)7-11-5-4-6-12(8-11)9-14(2,3)17/h4-6,8,10,17H,7,9H2,1-3H3,(H,15,16). The van der Waals surface area contributed by atoms with Gasteiger partial charge < -0.3 is 10.2 Å². The number of aliphatic carboxylic acids is 1. The fourth-order valence-electron chi connectivity index (χ4n) is 1.81. The molecule has 0 saturated carbocycles. The van der Waals surface area contributed by atoms with Gasteiger partial charge >= 0.3 is 5.97 Å². The number of carbonyl (C=O) groups is 1. The predicted molar refractivity (Wildman–Crippen MR) is 66.9 cm³/mol. The maximum Gasteiger partial charge on any atom is 0.306 e. The van der Waals surface area contributed by atoms with Crippen molar-refractivity contribution in [1.82, 2.24) is 0 Å². The third-order valence-corrected chi connectivity index (χ3v) is 2.59. The van der Waals surface area contributed by atoms with E-state index >= 15 is 0 Å². The fraction of sp³-hybridized carbons (Fsp3) is 0.500. The maximum absolute atomic E-state index is 10.8.